The normalized spacial score (nSPS) is 21.5. The van der Waals surface area contributed by atoms with E-state index < -0.39 is 6.04 Å². The van der Waals surface area contributed by atoms with Crippen LogP contribution in [0.5, 0.6) is 0 Å². The summed E-state index contributed by atoms with van der Waals surface area (Å²) in [6.45, 7) is 6.60. The second kappa shape index (κ2) is 8.27. The molecular formula is C17H28N4O. The fraction of sp³-hybridized carbons (Fsp3) is 0.588. The Morgan fingerprint density at radius 3 is 2.77 bits per heavy atom. The van der Waals surface area contributed by atoms with Crippen molar-refractivity contribution in [2.75, 3.05) is 39.8 Å². The zero-order chi connectivity index (χ0) is 15.9. The molecule has 2 rings (SSSR count). The monoisotopic (exact) mass is 304 g/mol. The highest BCUT2D eigenvalue weighted by Crippen LogP contribution is 2.24. The van der Waals surface area contributed by atoms with Crippen molar-refractivity contribution in [3.05, 3.63) is 35.9 Å². The van der Waals surface area contributed by atoms with Crippen molar-refractivity contribution in [1.29, 1.82) is 0 Å². The Labute approximate surface area is 133 Å². The van der Waals surface area contributed by atoms with Crippen LogP contribution in [-0.4, -0.2) is 61.5 Å². The number of piperazine rings is 1. The summed E-state index contributed by atoms with van der Waals surface area (Å²) in [7, 11) is 2.18. The molecule has 1 aliphatic heterocycles. The summed E-state index contributed by atoms with van der Waals surface area (Å²) in [4.78, 5) is 16.4. The van der Waals surface area contributed by atoms with Gasteiger partial charge >= 0.3 is 0 Å². The van der Waals surface area contributed by atoms with Crippen molar-refractivity contribution < 1.29 is 4.79 Å². The molecule has 2 atom stereocenters. The average molecular weight is 304 g/mol. The van der Waals surface area contributed by atoms with Crippen molar-refractivity contribution in [3.8, 4) is 0 Å². The fourth-order valence-corrected chi connectivity index (χ4v) is 2.87. The molecule has 1 heterocycles. The third kappa shape index (κ3) is 4.80. The Morgan fingerprint density at radius 2 is 2.09 bits per heavy atom. The van der Waals surface area contributed by atoms with Gasteiger partial charge in [-0.2, -0.15) is 0 Å². The number of carbonyl (C=O) groups excluding carboxylic acids is 1. The molecular weight excluding hydrogens is 276 g/mol. The molecule has 0 aliphatic carbocycles. The van der Waals surface area contributed by atoms with Gasteiger partial charge in [0.15, 0.2) is 0 Å². The smallest absolute Gasteiger partial charge is 0.236 e. The lowest BCUT2D eigenvalue weighted by Gasteiger charge is -2.40. The standard InChI is InChI=1S/C17H28N4O/c1-14(18)17(22)19-9-6-10-21-12-11-20(2)13-16(21)15-7-4-3-5-8-15/h3-5,7-8,14,16H,6,9-13,18H2,1-2H3,(H,19,22). The summed E-state index contributed by atoms with van der Waals surface area (Å²) < 4.78 is 0. The molecule has 1 amide bonds. The van der Waals surface area contributed by atoms with Gasteiger partial charge in [-0.15, -0.1) is 0 Å². The van der Waals surface area contributed by atoms with Gasteiger partial charge in [-0.25, -0.2) is 0 Å². The minimum absolute atomic E-state index is 0.0713. The number of nitrogens with one attached hydrogen (secondary N) is 1. The Morgan fingerprint density at radius 1 is 1.36 bits per heavy atom. The lowest BCUT2D eigenvalue weighted by atomic mass is 10.0. The van der Waals surface area contributed by atoms with Gasteiger partial charge in [0.05, 0.1) is 6.04 Å². The first-order chi connectivity index (χ1) is 10.6. The molecule has 0 aromatic heterocycles. The van der Waals surface area contributed by atoms with Gasteiger partial charge in [-0.05, 0) is 26.0 Å². The maximum absolute atomic E-state index is 11.5. The average Bonchev–Trinajstić information content (AvgIpc) is 2.53. The van der Waals surface area contributed by atoms with Crippen LogP contribution in [0.25, 0.3) is 0 Å². The Bertz CT molecular complexity index is 463. The number of carbonyl (C=O) groups is 1. The SMILES string of the molecule is CC(N)C(=O)NCCCN1CCN(C)CC1c1ccccc1. The van der Waals surface area contributed by atoms with E-state index in [-0.39, 0.29) is 5.91 Å². The second-order valence-electron chi connectivity index (χ2n) is 6.16. The summed E-state index contributed by atoms with van der Waals surface area (Å²) in [5.41, 5.74) is 6.92. The third-order valence-corrected chi connectivity index (χ3v) is 4.21. The van der Waals surface area contributed by atoms with Gasteiger partial charge in [0.2, 0.25) is 5.91 Å². The van der Waals surface area contributed by atoms with E-state index in [0.717, 1.165) is 32.6 Å². The molecule has 1 aromatic carbocycles. The van der Waals surface area contributed by atoms with Crippen LogP contribution < -0.4 is 11.1 Å². The number of hydrogen-bond acceptors (Lipinski definition) is 4. The lowest BCUT2D eigenvalue weighted by molar-refractivity contribution is -0.122. The van der Waals surface area contributed by atoms with Crippen LogP contribution in [0.1, 0.15) is 24.9 Å². The Hall–Kier alpha value is -1.43. The van der Waals surface area contributed by atoms with Gasteiger partial charge in [0.25, 0.3) is 0 Å². The molecule has 0 radical (unpaired) electrons. The number of hydrogen-bond donors (Lipinski definition) is 2. The maximum Gasteiger partial charge on any atom is 0.236 e. The van der Waals surface area contributed by atoms with E-state index in [2.05, 4.69) is 52.5 Å². The minimum atomic E-state index is -0.430. The fourth-order valence-electron chi connectivity index (χ4n) is 2.87. The van der Waals surface area contributed by atoms with E-state index in [0.29, 0.717) is 12.6 Å². The molecule has 5 nitrogen and oxygen atoms in total. The summed E-state index contributed by atoms with van der Waals surface area (Å²) >= 11 is 0. The molecule has 1 aromatic rings. The number of nitrogens with two attached hydrogens (primary N) is 1. The van der Waals surface area contributed by atoms with E-state index in [1.807, 2.05) is 0 Å². The zero-order valence-corrected chi connectivity index (χ0v) is 13.7. The van der Waals surface area contributed by atoms with Crippen molar-refractivity contribution in [3.63, 3.8) is 0 Å². The Kier molecular flexibility index (Phi) is 6.36. The molecule has 1 aliphatic rings. The molecule has 2 unspecified atom stereocenters. The summed E-state index contributed by atoms with van der Waals surface area (Å²) in [6.07, 6.45) is 0.950. The molecule has 1 saturated heterocycles. The van der Waals surface area contributed by atoms with Gasteiger partial charge < -0.3 is 16.0 Å². The highest BCUT2D eigenvalue weighted by molar-refractivity contribution is 5.80. The first kappa shape index (κ1) is 16.9. The number of benzene rings is 1. The first-order valence-corrected chi connectivity index (χ1v) is 8.08. The summed E-state index contributed by atoms with van der Waals surface area (Å²) in [5, 5.41) is 2.88. The minimum Gasteiger partial charge on any atom is -0.355 e. The van der Waals surface area contributed by atoms with Crippen LogP contribution in [-0.2, 0) is 4.79 Å². The van der Waals surface area contributed by atoms with Gasteiger partial charge in [0.1, 0.15) is 0 Å². The molecule has 1 fully saturated rings. The van der Waals surface area contributed by atoms with Gasteiger partial charge in [-0.1, -0.05) is 30.3 Å². The maximum atomic E-state index is 11.5. The van der Waals surface area contributed by atoms with Crippen LogP contribution in [0.4, 0.5) is 0 Å². The topological polar surface area (TPSA) is 61.6 Å². The van der Waals surface area contributed by atoms with Gasteiger partial charge in [0, 0.05) is 38.8 Å². The van der Waals surface area contributed by atoms with Crippen LogP contribution in [0.15, 0.2) is 30.3 Å². The van der Waals surface area contributed by atoms with Crippen LogP contribution in [0.3, 0.4) is 0 Å². The molecule has 22 heavy (non-hydrogen) atoms. The second-order valence-corrected chi connectivity index (χ2v) is 6.16. The van der Waals surface area contributed by atoms with Gasteiger partial charge in [-0.3, -0.25) is 9.69 Å². The Balaban J connectivity index is 1.86. The molecule has 122 valence electrons. The largest absolute Gasteiger partial charge is 0.355 e. The van der Waals surface area contributed by atoms with Crippen LogP contribution >= 0.6 is 0 Å². The van der Waals surface area contributed by atoms with Crippen LogP contribution in [0.2, 0.25) is 0 Å². The van der Waals surface area contributed by atoms with E-state index in [1.165, 1.54) is 5.56 Å². The van der Waals surface area contributed by atoms with Crippen molar-refractivity contribution >= 4 is 5.91 Å². The van der Waals surface area contributed by atoms with E-state index in [9.17, 15) is 4.79 Å². The highest BCUT2D eigenvalue weighted by atomic mass is 16.2. The molecule has 3 N–H and O–H groups in total. The third-order valence-electron chi connectivity index (χ3n) is 4.21. The highest BCUT2D eigenvalue weighted by Gasteiger charge is 2.25. The van der Waals surface area contributed by atoms with E-state index >= 15 is 0 Å². The van der Waals surface area contributed by atoms with E-state index in [4.69, 9.17) is 5.73 Å². The van der Waals surface area contributed by atoms with Crippen molar-refractivity contribution in [1.82, 2.24) is 15.1 Å². The number of nitrogens with zero attached hydrogens (tertiary/aromatic N) is 2. The molecule has 5 heteroatoms. The zero-order valence-electron chi connectivity index (χ0n) is 13.7. The molecule has 0 saturated carbocycles. The molecule has 0 bridgehead atoms. The first-order valence-electron chi connectivity index (χ1n) is 8.08. The quantitative estimate of drug-likeness (QED) is 0.764. The summed E-state index contributed by atoms with van der Waals surface area (Å²) in [6, 6.07) is 10.7. The number of rotatable bonds is 6. The number of likely N-dealkylation sites (N-methyl/N-ethyl adjacent to an activating group) is 1. The van der Waals surface area contributed by atoms with Crippen LogP contribution in [0, 0.1) is 0 Å². The lowest BCUT2D eigenvalue weighted by Crippen LogP contribution is -2.47. The van der Waals surface area contributed by atoms with Crippen molar-refractivity contribution in [2.45, 2.75) is 25.4 Å². The predicted octanol–water partition coefficient (Wildman–Crippen LogP) is 0.829. The predicted molar refractivity (Wildman–Crippen MR) is 89.5 cm³/mol. The summed E-state index contributed by atoms with van der Waals surface area (Å²) in [5.74, 6) is -0.0713. The van der Waals surface area contributed by atoms with Crippen molar-refractivity contribution in [2.24, 2.45) is 5.73 Å². The number of amides is 1. The van der Waals surface area contributed by atoms with E-state index in [1.54, 1.807) is 6.92 Å². The molecule has 0 spiro atoms.